The van der Waals surface area contributed by atoms with Crippen LogP contribution in [0.15, 0.2) is 76.8 Å². The molecule has 3 N–H and O–H groups in total. The lowest BCUT2D eigenvalue weighted by atomic mass is 10.1. The number of aromatic nitrogens is 1. The zero-order chi connectivity index (χ0) is 21.1. The number of carbonyl (C=O) groups excluding carboxylic acids is 2. The number of nitrogens with one attached hydrogen (secondary N) is 3. The largest absolute Gasteiger partial charge is 0.588 e. The van der Waals surface area contributed by atoms with E-state index < -0.39 is 11.4 Å². The van der Waals surface area contributed by atoms with Crippen LogP contribution in [0.3, 0.4) is 0 Å². The van der Waals surface area contributed by atoms with Crippen molar-refractivity contribution in [3.05, 3.63) is 72.6 Å². The first-order chi connectivity index (χ1) is 14.5. The molecule has 2 aromatic carbocycles. The van der Waals surface area contributed by atoms with Crippen molar-refractivity contribution >= 4 is 52.0 Å². The van der Waals surface area contributed by atoms with Crippen molar-refractivity contribution < 1.29 is 14.1 Å². The fourth-order valence-corrected chi connectivity index (χ4v) is 4.58. The predicted molar refractivity (Wildman–Crippen MR) is 119 cm³/mol. The van der Waals surface area contributed by atoms with Gasteiger partial charge in [0.15, 0.2) is 4.90 Å². The summed E-state index contributed by atoms with van der Waals surface area (Å²) in [5.74, 6) is -0.367. The molecule has 2 amide bonds. The second-order valence-electron chi connectivity index (χ2n) is 6.55. The molecule has 0 saturated heterocycles. The van der Waals surface area contributed by atoms with Gasteiger partial charge in [0, 0.05) is 28.5 Å². The molecular formula is C21H18N4O3S2. The van der Waals surface area contributed by atoms with Crippen molar-refractivity contribution in [2.24, 2.45) is 0 Å². The van der Waals surface area contributed by atoms with Gasteiger partial charge in [0.1, 0.15) is 11.4 Å². The van der Waals surface area contributed by atoms with E-state index in [1.807, 2.05) is 13.0 Å². The van der Waals surface area contributed by atoms with Crippen LogP contribution in [-0.2, 0) is 16.2 Å². The van der Waals surface area contributed by atoms with Gasteiger partial charge in [-0.2, -0.15) is 0 Å². The van der Waals surface area contributed by atoms with Crippen molar-refractivity contribution in [1.82, 2.24) is 4.98 Å². The van der Waals surface area contributed by atoms with Crippen molar-refractivity contribution in [2.75, 3.05) is 15.4 Å². The van der Waals surface area contributed by atoms with Gasteiger partial charge in [-0.15, -0.1) is 11.8 Å². The van der Waals surface area contributed by atoms with E-state index in [0.29, 0.717) is 27.5 Å². The van der Waals surface area contributed by atoms with Crippen LogP contribution in [-0.4, -0.2) is 26.6 Å². The Kier molecular flexibility index (Phi) is 5.93. The number of anilines is 3. The van der Waals surface area contributed by atoms with Crippen LogP contribution in [0.25, 0.3) is 0 Å². The zero-order valence-electron chi connectivity index (χ0n) is 15.9. The summed E-state index contributed by atoms with van der Waals surface area (Å²) in [5, 5.41) is 5.48. The Morgan fingerprint density at radius 1 is 1.10 bits per heavy atom. The average Bonchev–Trinajstić information content (AvgIpc) is 2.75. The molecule has 0 bridgehead atoms. The lowest BCUT2D eigenvalue weighted by Gasteiger charge is -2.21. The molecule has 9 heteroatoms. The molecule has 1 unspecified atom stereocenters. The third kappa shape index (κ3) is 4.59. The van der Waals surface area contributed by atoms with E-state index in [0.717, 1.165) is 4.90 Å². The van der Waals surface area contributed by atoms with Gasteiger partial charge in [-0.3, -0.25) is 14.6 Å². The van der Waals surface area contributed by atoms with Crippen molar-refractivity contribution in [1.29, 1.82) is 0 Å². The molecule has 1 aliphatic rings. The molecule has 2 atom stereocenters. The van der Waals surface area contributed by atoms with Crippen molar-refractivity contribution in [2.45, 2.75) is 22.0 Å². The summed E-state index contributed by atoms with van der Waals surface area (Å²) >= 11 is 0.0347. The normalized spacial score (nSPS) is 16.2. The maximum atomic E-state index is 12.6. The zero-order valence-corrected chi connectivity index (χ0v) is 17.5. The van der Waals surface area contributed by atoms with Gasteiger partial charge < -0.3 is 15.2 Å². The first-order valence-electron chi connectivity index (χ1n) is 9.11. The Morgan fingerprint density at radius 2 is 1.83 bits per heavy atom. The minimum Gasteiger partial charge on any atom is -0.588 e. The first-order valence-corrected chi connectivity index (χ1v) is 11.1. The smallest absolute Gasteiger partial charge is 0.255 e. The van der Waals surface area contributed by atoms with Gasteiger partial charge in [0.2, 0.25) is 5.91 Å². The molecule has 3 aromatic rings. The molecule has 0 spiro atoms. The fourth-order valence-electron chi connectivity index (χ4n) is 2.80. The summed E-state index contributed by atoms with van der Waals surface area (Å²) in [7, 11) is 0. The number of hydrogen-bond acceptors (Lipinski definition) is 6. The van der Waals surface area contributed by atoms with Gasteiger partial charge in [-0.05, 0) is 61.5 Å². The van der Waals surface area contributed by atoms with Gasteiger partial charge in [-0.25, -0.2) is 4.72 Å². The van der Waals surface area contributed by atoms with E-state index in [2.05, 4.69) is 20.3 Å². The van der Waals surface area contributed by atoms with E-state index >= 15 is 0 Å². The Morgan fingerprint density at radius 3 is 2.57 bits per heavy atom. The maximum absolute atomic E-state index is 12.6. The topological polar surface area (TPSA) is 106 Å². The number of hydrogen-bond donors (Lipinski definition) is 3. The van der Waals surface area contributed by atoms with Gasteiger partial charge >= 0.3 is 0 Å². The molecule has 4 rings (SSSR count). The van der Waals surface area contributed by atoms with Crippen LogP contribution < -0.4 is 15.4 Å². The number of carbonyl (C=O) groups is 2. The van der Waals surface area contributed by atoms with Gasteiger partial charge in [-0.1, -0.05) is 0 Å². The molecule has 1 aliphatic heterocycles. The van der Waals surface area contributed by atoms with Crippen LogP contribution in [0.5, 0.6) is 0 Å². The van der Waals surface area contributed by atoms with Crippen LogP contribution >= 0.6 is 11.8 Å². The predicted octanol–water partition coefficient (Wildman–Crippen LogP) is 3.90. The van der Waals surface area contributed by atoms with Crippen LogP contribution in [0.1, 0.15) is 17.3 Å². The van der Waals surface area contributed by atoms with Gasteiger partial charge in [0.05, 0.1) is 16.6 Å². The second-order valence-corrected chi connectivity index (χ2v) is 9.14. The Labute approximate surface area is 181 Å². The lowest BCUT2D eigenvalue weighted by molar-refractivity contribution is -0.115. The van der Waals surface area contributed by atoms with E-state index in [-0.39, 0.29) is 17.1 Å². The number of benzene rings is 2. The monoisotopic (exact) mass is 438 g/mol. The summed E-state index contributed by atoms with van der Waals surface area (Å²) in [6, 6.07) is 15.4. The van der Waals surface area contributed by atoms with Crippen molar-refractivity contribution in [3.63, 3.8) is 0 Å². The highest BCUT2D eigenvalue weighted by Crippen LogP contribution is 2.36. The summed E-state index contributed by atoms with van der Waals surface area (Å²) in [6.45, 7) is 1.84. The van der Waals surface area contributed by atoms with E-state index in [1.165, 1.54) is 11.8 Å². The van der Waals surface area contributed by atoms with E-state index in [9.17, 15) is 14.1 Å². The maximum Gasteiger partial charge on any atom is 0.255 e. The molecule has 0 fully saturated rings. The molecule has 0 saturated carbocycles. The van der Waals surface area contributed by atoms with E-state index in [1.54, 1.807) is 60.9 Å². The number of pyridine rings is 1. The number of nitrogens with zero attached hydrogens (tertiary/aromatic N) is 1. The summed E-state index contributed by atoms with van der Waals surface area (Å²) in [5.41, 5.74) is 2.36. The summed E-state index contributed by atoms with van der Waals surface area (Å²) < 4.78 is 15.3. The molecule has 30 heavy (non-hydrogen) atoms. The molecule has 1 aromatic heterocycles. The Hall–Kier alpha value is -3.01. The quantitative estimate of drug-likeness (QED) is 0.522. The summed E-state index contributed by atoms with van der Waals surface area (Å²) in [4.78, 5) is 29.9. The minimum atomic E-state index is -1.43. The lowest BCUT2D eigenvalue weighted by Crippen LogP contribution is -2.26. The Balaban J connectivity index is 1.41. The fraction of sp³-hybridized carbons (Fsp3) is 0.0952. The van der Waals surface area contributed by atoms with E-state index in [4.69, 9.17) is 0 Å². The number of thioether (sulfide) groups is 1. The highest BCUT2D eigenvalue weighted by Gasteiger charge is 2.23. The number of fused-ring (bicyclic) bond motifs is 1. The highest BCUT2D eigenvalue weighted by atomic mass is 32.2. The highest BCUT2D eigenvalue weighted by molar-refractivity contribution is 8.01. The second kappa shape index (κ2) is 8.78. The van der Waals surface area contributed by atoms with Crippen LogP contribution in [0.2, 0.25) is 0 Å². The minimum absolute atomic E-state index is 0.0750. The molecule has 0 radical (unpaired) electrons. The SMILES string of the molecule is C[C@H]1Sc2ccc(C(=O)Nc3ccc([S+]([O-])Nc4ccncc4)cc3)cc2NC1=O. The number of amides is 2. The summed E-state index contributed by atoms with van der Waals surface area (Å²) in [6.07, 6.45) is 3.23. The van der Waals surface area contributed by atoms with Crippen molar-refractivity contribution in [3.8, 4) is 0 Å². The average molecular weight is 439 g/mol. The molecular weight excluding hydrogens is 420 g/mol. The van der Waals surface area contributed by atoms with Crippen LogP contribution in [0.4, 0.5) is 17.1 Å². The van der Waals surface area contributed by atoms with Gasteiger partial charge in [0.25, 0.3) is 5.91 Å². The van der Waals surface area contributed by atoms with Crippen LogP contribution in [0, 0.1) is 0 Å². The molecule has 152 valence electrons. The third-order valence-corrected chi connectivity index (χ3v) is 6.69. The first kappa shape index (κ1) is 20.3. The molecule has 0 aliphatic carbocycles. The Bertz CT molecular complexity index is 1080. The third-order valence-electron chi connectivity index (χ3n) is 4.39. The molecule has 2 heterocycles. The molecule has 7 nitrogen and oxygen atoms in total. The number of rotatable bonds is 5. The standard InChI is InChI=1S/C21H18N4O3S2/c1-13-20(26)24-18-12-14(2-7-19(18)29-13)21(27)23-15-3-5-17(6-4-15)30(28)25-16-8-10-22-11-9-16/h2-13H,1H3,(H,22,25)(H,23,27)(H,24,26)/t13-,30?/m1/s1.